The fourth-order valence-electron chi connectivity index (χ4n) is 1.93. The van der Waals surface area contributed by atoms with Gasteiger partial charge in [0, 0.05) is 11.4 Å². The predicted octanol–water partition coefficient (Wildman–Crippen LogP) is 3.75. The molecule has 3 nitrogen and oxygen atoms in total. The van der Waals surface area contributed by atoms with Crippen molar-refractivity contribution in [3.05, 3.63) is 53.6 Å². The van der Waals surface area contributed by atoms with Crippen LogP contribution in [0.3, 0.4) is 0 Å². The van der Waals surface area contributed by atoms with Gasteiger partial charge in [-0.2, -0.15) is 0 Å². The minimum atomic E-state index is 0.799. The monoisotopic (exact) mass is 269 g/mol. The third-order valence-corrected chi connectivity index (χ3v) is 3.92. The Kier molecular flexibility index (Phi) is 3.17. The topological polar surface area (TPSA) is 54.7 Å². The van der Waals surface area contributed by atoms with E-state index in [-0.39, 0.29) is 0 Å². The van der Waals surface area contributed by atoms with Gasteiger partial charge in [-0.25, -0.2) is 4.98 Å². The summed E-state index contributed by atoms with van der Waals surface area (Å²) in [6.45, 7) is 2.08. The number of anilines is 1. The molecular formula is C15H15N3S. The second kappa shape index (κ2) is 4.97. The van der Waals surface area contributed by atoms with Gasteiger partial charge in [0.15, 0.2) is 5.16 Å². The summed E-state index contributed by atoms with van der Waals surface area (Å²) in [7, 11) is 0. The summed E-state index contributed by atoms with van der Waals surface area (Å²) in [6.07, 6.45) is 0. The fraction of sp³-hybridized carbons (Fsp3) is 0.133. The Morgan fingerprint density at radius 3 is 2.74 bits per heavy atom. The third-order valence-electron chi connectivity index (χ3n) is 2.97. The maximum Gasteiger partial charge on any atom is 0.166 e. The first kappa shape index (κ1) is 12.1. The highest BCUT2D eigenvalue weighted by Gasteiger charge is 2.03. The molecule has 3 aromatic rings. The Balaban J connectivity index is 1.76. The number of imidazole rings is 1. The number of rotatable bonds is 3. The van der Waals surface area contributed by atoms with Crippen LogP contribution in [-0.4, -0.2) is 9.97 Å². The first-order valence-electron chi connectivity index (χ1n) is 6.14. The molecule has 2 aromatic carbocycles. The lowest BCUT2D eigenvalue weighted by atomic mass is 10.2. The lowest BCUT2D eigenvalue weighted by Gasteiger charge is -1.99. The Hall–Kier alpha value is -1.94. The number of hydrogen-bond donors (Lipinski definition) is 2. The molecule has 0 aliphatic rings. The van der Waals surface area contributed by atoms with E-state index in [1.54, 1.807) is 11.8 Å². The summed E-state index contributed by atoms with van der Waals surface area (Å²) in [5, 5.41) is 0.956. The van der Waals surface area contributed by atoms with Crippen LogP contribution in [0.4, 0.5) is 5.69 Å². The van der Waals surface area contributed by atoms with E-state index < -0.39 is 0 Å². The molecule has 1 aromatic heterocycles. The van der Waals surface area contributed by atoms with Crippen LogP contribution in [0.2, 0.25) is 0 Å². The lowest BCUT2D eigenvalue weighted by molar-refractivity contribution is 1.08. The molecule has 96 valence electrons. The number of benzene rings is 2. The Morgan fingerprint density at radius 2 is 1.95 bits per heavy atom. The number of aryl methyl sites for hydroxylation is 1. The van der Waals surface area contributed by atoms with E-state index in [0.717, 1.165) is 27.6 Å². The van der Waals surface area contributed by atoms with E-state index in [9.17, 15) is 0 Å². The van der Waals surface area contributed by atoms with E-state index in [2.05, 4.69) is 47.2 Å². The van der Waals surface area contributed by atoms with Gasteiger partial charge in [0.1, 0.15) is 0 Å². The van der Waals surface area contributed by atoms with Crippen LogP contribution in [0.5, 0.6) is 0 Å². The quantitative estimate of drug-likeness (QED) is 0.562. The molecule has 0 saturated heterocycles. The van der Waals surface area contributed by atoms with Crippen LogP contribution in [0.1, 0.15) is 11.1 Å². The highest BCUT2D eigenvalue weighted by molar-refractivity contribution is 7.98. The van der Waals surface area contributed by atoms with Gasteiger partial charge in [-0.3, -0.25) is 0 Å². The number of nitrogens with two attached hydrogens (primary N) is 1. The Labute approximate surface area is 116 Å². The fourth-order valence-corrected chi connectivity index (χ4v) is 2.77. The summed E-state index contributed by atoms with van der Waals surface area (Å²) in [4.78, 5) is 7.91. The summed E-state index contributed by atoms with van der Waals surface area (Å²) < 4.78 is 0. The molecule has 0 bridgehead atoms. The zero-order chi connectivity index (χ0) is 13.2. The number of nitrogen functional groups attached to an aromatic ring is 1. The van der Waals surface area contributed by atoms with Gasteiger partial charge < -0.3 is 10.7 Å². The molecule has 1 heterocycles. The number of H-pyrrole nitrogens is 1. The molecule has 0 atom stereocenters. The first-order chi connectivity index (χ1) is 9.20. The molecule has 3 N–H and O–H groups in total. The lowest BCUT2D eigenvalue weighted by Crippen LogP contribution is -1.86. The van der Waals surface area contributed by atoms with Crippen molar-refractivity contribution in [2.45, 2.75) is 17.8 Å². The molecule has 0 aliphatic heterocycles. The largest absolute Gasteiger partial charge is 0.399 e. The van der Waals surface area contributed by atoms with Crippen LogP contribution in [0.25, 0.3) is 11.0 Å². The molecule has 0 unspecified atom stereocenters. The number of aromatic nitrogens is 2. The average molecular weight is 269 g/mol. The maximum atomic E-state index is 5.67. The number of nitrogens with one attached hydrogen (secondary N) is 1. The van der Waals surface area contributed by atoms with Crippen molar-refractivity contribution < 1.29 is 0 Å². The Morgan fingerprint density at radius 1 is 1.16 bits per heavy atom. The maximum absolute atomic E-state index is 5.67. The van der Waals surface area contributed by atoms with Crippen molar-refractivity contribution in [2.24, 2.45) is 0 Å². The Bertz CT molecular complexity index is 701. The van der Waals surface area contributed by atoms with Gasteiger partial charge in [-0.1, -0.05) is 30.0 Å². The zero-order valence-corrected chi connectivity index (χ0v) is 11.5. The molecule has 0 saturated carbocycles. The molecule has 4 heteroatoms. The van der Waals surface area contributed by atoms with Gasteiger partial charge >= 0.3 is 0 Å². The van der Waals surface area contributed by atoms with E-state index in [1.165, 1.54) is 11.1 Å². The van der Waals surface area contributed by atoms with Gasteiger partial charge in [-0.15, -0.1) is 0 Å². The van der Waals surface area contributed by atoms with Crippen LogP contribution in [0, 0.1) is 6.92 Å². The van der Waals surface area contributed by atoms with Crippen molar-refractivity contribution in [2.75, 3.05) is 5.73 Å². The molecule has 0 aliphatic carbocycles. The molecule has 0 amide bonds. The molecule has 19 heavy (non-hydrogen) atoms. The minimum Gasteiger partial charge on any atom is -0.399 e. The third kappa shape index (κ3) is 2.74. The van der Waals surface area contributed by atoms with E-state index in [4.69, 9.17) is 5.73 Å². The SMILES string of the molecule is Cc1ccc2nc(SCc3ccc(N)cc3)[nH]c2c1. The van der Waals surface area contributed by atoms with Crippen LogP contribution >= 0.6 is 11.8 Å². The van der Waals surface area contributed by atoms with Crippen molar-refractivity contribution in [1.29, 1.82) is 0 Å². The zero-order valence-electron chi connectivity index (χ0n) is 10.7. The summed E-state index contributed by atoms with van der Waals surface area (Å²) >= 11 is 1.70. The number of thioether (sulfide) groups is 1. The molecule has 0 fully saturated rings. The van der Waals surface area contributed by atoms with E-state index in [0.29, 0.717) is 0 Å². The van der Waals surface area contributed by atoms with Crippen LogP contribution in [0.15, 0.2) is 47.6 Å². The molecule has 0 spiro atoms. The number of aromatic amines is 1. The van der Waals surface area contributed by atoms with Gasteiger partial charge in [-0.05, 0) is 42.3 Å². The highest BCUT2D eigenvalue weighted by Crippen LogP contribution is 2.23. The second-order valence-electron chi connectivity index (χ2n) is 4.59. The summed E-state index contributed by atoms with van der Waals surface area (Å²) in [5.41, 5.74) is 11.1. The minimum absolute atomic E-state index is 0.799. The predicted molar refractivity (Wildman–Crippen MR) is 81.2 cm³/mol. The van der Waals surface area contributed by atoms with Gasteiger partial charge in [0.2, 0.25) is 0 Å². The smallest absolute Gasteiger partial charge is 0.166 e. The van der Waals surface area contributed by atoms with Crippen molar-refractivity contribution >= 4 is 28.5 Å². The molecule has 0 radical (unpaired) electrons. The van der Waals surface area contributed by atoms with Crippen molar-refractivity contribution in [3.8, 4) is 0 Å². The standard InChI is InChI=1S/C15H15N3S/c1-10-2-7-13-14(8-10)18-15(17-13)19-9-11-3-5-12(16)6-4-11/h2-8H,9,16H2,1H3,(H,17,18). The average Bonchev–Trinajstić information content (AvgIpc) is 2.80. The number of fused-ring (bicyclic) bond motifs is 1. The van der Waals surface area contributed by atoms with Gasteiger partial charge in [0.25, 0.3) is 0 Å². The number of hydrogen-bond acceptors (Lipinski definition) is 3. The normalized spacial score (nSPS) is 11.0. The second-order valence-corrected chi connectivity index (χ2v) is 5.56. The van der Waals surface area contributed by atoms with Crippen molar-refractivity contribution in [1.82, 2.24) is 9.97 Å². The van der Waals surface area contributed by atoms with E-state index in [1.807, 2.05) is 12.1 Å². The first-order valence-corrected chi connectivity index (χ1v) is 7.13. The number of nitrogens with zero attached hydrogens (tertiary/aromatic N) is 1. The van der Waals surface area contributed by atoms with Crippen LogP contribution in [-0.2, 0) is 5.75 Å². The van der Waals surface area contributed by atoms with E-state index >= 15 is 0 Å². The van der Waals surface area contributed by atoms with Crippen LogP contribution < -0.4 is 5.73 Å². The highest BCUT2D eigenvalue weighted by atomic mass is 32.2. The van der Waals surface area contributed by atoms with Crippen molar-refractivity contribution in [3.63, 3.8) is 0 Å². The molecule has 3 rings (SSSR count). The van der Waals surface area contributed by atoms with Gasteiger partial charge in [0.05, 0.1) is 11.0 Å². The summed E-state index contributed by atoms with van der Waals surface area (Å²) in [5.74, 6) is 0.888. The molecular weight excluding hydrogens is 254 g/mol. The summed E-state index contributed by atoms with van der Waals surface area (Å²) in [6, 6.07) is 14.2.